The molecule has 0 saturated heterocycles. The lowest BCUT2D eigenvalue weighted by Gasteiger charge is -2.47. The van der Waals surface area contributed by atoms with Gasteiger partial charge in [-0.15, -0.1) is 0 Å². The van der Waals surface area contributed by atoms with E-state index >= 15 is 0 Å². The molecule has 104 valence electrons. The number of methoxy groups -OCH3 is 1. The second-order valence-electron chi connectivity index (χ2n) is 6.97. The predicted octanol–water partition coefficient (Wildman–Crippen LogP) is 4.10. The summed E-state index contributed by atoms with van der Waals surface area (Å²) in [5.74, 6) is 1.42. The van der Waals surface area contributed by atoms with Gasteiger partial charge in [0.2, 0.25) is 0 Å². The lowest BCUT2D eigenvalue weighted by molar-refractivity contribution is 0.112. The third-order valence-corrected chi connectivity index (χ3v) is 4.90. The molecule has 2 rings (SSSR count). The van der Waals surface area contributed by atoms with Crippen molar-refractivity contribution in [3.8, 4) is 5.75 Å². The minimum absolute atomic E-state index is 0.0666. The normalized spacial score (nSPS) is 23.6. The maximum Gasteiger partial charge on any atom is 0.150 e. The van der Waals surface area contributed by atoms with Crippen LogP contribution in [0.5, 0.6) is 5.75 Å². The van der Waals surface area contributed by atoms with Crippen LogP contribution in [0.25, 0.3) is 0 Å². The van der Waals surface area contributed by atoms with Crippen LogP contribution >= 0.6 is 0 Å². The van der Waals surface area contributed by atoms with E-state index in [-0.39, 0.29) is 10.8 Å². The Morgan fingerprint density at radius 3 is 2.42 bits per heavy atom. The summed E-state index contributed by atoms with van der Waals surface area (Å²) in [7, 11) is 1.69. The summed E-state index contributed by atoms with van der Waals surface area (Å²) in [6.45, 7) is 11.4. The standard InChI is InChI=1S/C17H24O2/c1-11-9-16(2,3)15-13(17(11,4)5)7-12(10-18)8-14(15)19-6/h7-8,10-11H,9H2,1-6H3. The lowest BCUT2D eigenvalue weighted by atomic mass is 9.58. The Morgan fingerprint density at radius 1 is 1.26 bits per heavy atom. The smallest absolute Gasteiger partial charge is 0.150 e. The predicted molar refractivity (Wildman–Crippen MR) is 78.2 cm³/mol. The quantitative estimate of drug-likeness (QED) is 0.748. The van der Waals surface area contributed by atoms with Gasteiger partial charge in [-0.3, -0.25) is 4.79 Å². The van der Waals surface area contributed by atoms with Crippen LogP contribution in [0.2, 0.25) is 0 Å². The molecule has 0 aliphatic heterocycles. The van der Waals surface area contributed by atoms with Crippen LogP contribution < -0.4 is 4.74 Å². The van der Waals surface area contributed by atoms with Crippen molar-refractivity contribution in [3.05, 3.63) is 28.8 Å². The van der Waals surface area contributed by atoms with Crippen LogP contribution in [-0.2, 0) is 10.8 Å². The van der Waals surface area contributed by atoms with Gasteiger partial charge in [0, 0.05) is 11.1 Å². The van der Waals surface area contributed by atoms with Gasteiger partial charge in [-0.05, 0) is 40.9 Å². The average molecular weight is 260 g/mol. The van der Waals surface area contributed by atoms with E-state index in [0.717, 1.165) is 18.5 Å². The lowest BCUT2D eigenvalue weighted by Crippen LogP contribution is -2.40. The van der Waals surface area contributed by atoms with E-state index in [1.165, 1.54) is 11.1 Å². The minimum Gasteiger partial charge on any atom is -0.496 e. The SMILES string of the molecule is COc1cc(C=O)cc2c1C(C)(C)CC(C)C2(C)C. The summed E-state index contributed by atoms with van der Waals surface area (Å²) in [6, 6.07) is 3.90. The van der Waals surface area contributed by atoms with E-state index in [0.29, 0.717) is 11.5 Å². The van der Waals surface area contributed by atoms with Gasteiger partial charge >= 0.3 is 0 Å². The Balaban J connectivity index is 2.80. The van der Waals surface area contributed by atoms with Crippen LogP contribution in [-0.4, -0.2) is 13.4 Å². The highest BCUT2D eigenvalue weighted by Crippen LogP contribution is 2.52. The van der Waals surface area contributed by atoms with Gasteiger partial charge in [0.25, 0.3) is 0 Å². The molecule has 0 fully saturated rings. The van der Waals surface area contributed by atoms with Gasteiger partial charge in [-0.2, -0.15) is 0 Å². The van der Waals surface area contributed by atoms with E-state index in [1.807, 2.05) is 12.1 Å². The molecular formula is C17H24O2. The largest absolute Gasteiger partial charge is 0.496 e. The maximum atomic E-state index is 11.2. The molecule has 0 heterocycles. The second-order valence-corrected chi connectivity index (χ2v) is 6.97. The minimum atomic E-state index is 0.0666. The van der Waals surface area contributed by atoms with Gasteiger partial charge in [0.15, 0.2) is 0 Å². The number of hydrogen-bond donors (Lipinski definition) is 0. The van der Waals surface area contributed by atoms with Crippen LogP contribution in [0.3, 0.4) is 0 Å². The van der Waals surface area contributed by atoms with Gasteiger partial charge in [0.1, 0.15) is 12.0 Å². The number of benzene rings is 1. The van der Waals surface area contributed by atoms with Gasteiger partial charge in [-0.25, -0.2) is 0 Å². The number of carbonyl (C=O) groups excluding carboxylic acids is 1. The molecule has 2 nitrogen and oxygen atoms in total. The van der Waals surface area contributed by atoms with Crippen molar-refractivity contribution in [2.24, 2.45) is 5.92 Å². The molecule has 1 atom stereocenters. The van der Waals surface area contributed by atoms with Crippen molar-refractivity contribution in [2.75, 3.05) is 7.11 Å². The maximum absolute atomic E-state index is 11.2. The summed E-state index contributed by atoms with van der Waals surface area (Å²) in [5, 5.41) is 0. The fourth-order valence-electron chi connectivity index (χ4n) is 3.46. The van der Waals surface area contributed by atoms with Crippen LogP contribution in [0.4, 0.5) is 0 Å². The van der Waals surface area contributed by atoms with Gasteiger partial charge < -0.3 is 4.74 Å². The van der Waals surface area contributed by atoms with Crippen molar-refractivity contribution >= 4 is 6.29 Å². The molecule has 2 heteroatoms. The van der Waals surface area contributed by atoms with Crippen LogP contribution in [0.1, 0.15) is 62.5 Å². The van der Waals surface area contributed by atoms with Crippen molar-refractivity contribution in [1.29, 1.82) is 0 Å². The molecule has 1 aliphatic rings. The monoisotopic (exact) mass is 260 g/mol. The Hall–Kier alpha value is -1.31. The molecule has 0 spiro atoms. The summed E-state index contributed by atoms with van der Waals surface area (Å²) in [4.78, 5) is 11.2. The van der Waals surface area contributed by atoms with Crippen LogP contribution in [0, 0.1) is 5.92 Å². The molecule has 0 amide bonds. The number of fused-ring (bicyclic) bond motifs is 1. The van der Waals surface area contributed by atoms with E-state index in [2.05, 4.69) is 34.6 Å². The topological polar surface area (TPSA) is 26.3 Å². The first-order chi connectivity index (χ1) is 8.74. The summed E-state index contributed by atoms with van der Waals surface area (Å²) >= 11 is 0. The first-order valence-corrected chi connectivity index (χ1v) is 6.92. The molecule has 0 N–H and O–H groups in total. The summed E-state index contributed by atoms with van der Waals surface area (Å²) < 4.78 is 5.56. The molecular weight excluding hydrogens is 236 g/mol. The van der Waals surface area contributed by atoms with E-state index < -0.39 is 0 Å². The molecule has 1 aliphatic carbocycles. The molecule has 1 unspecified atom stereocenters. The number of hydrogen-bond acceptors (Lipinski definition) is 2. The highest BCUT2D eigenvalue weighted by molar-refractivity contribution is 5.77. The first kappa shape index (κ1) is 14.1. The second kappa shape index (κ2) is 4.36. The van der Waals surface area contributed by atoms with Crippen LogP contribution in [0.15, 0.2) is 12.1 Å². The highest BCUT2D eigenvalue weighted by atomic mass is 16.5. The van der Waals surface area contributed by atoms with E-state index in [1.54, 1.807) is 7.11 Å². The molecule has 0 radical (unpaired) electrons. The molecule has 0 aromatic heterocycles. The van der Waals surface area contributed by atoms with E-state index in [9.17, 15) is 4.79 Å². The van der Waals surface area contributed by atoms with Gasteiger partial charge in [-0.1, -0.05) is 34.6 Å². The fourth-order valence-corrected chi connectivity index (χ4v) is 3.46. The number of carbonyl (C=O) groups is 1. The van der Waals surface area contributed by atoms with Crippen molar-refractivity contribution in [3.63, 3.8) is 0 Å². The van der Waals surface area contributed by atoms with E-state index in [4.69, 9.17) is 4.74 Å². The summed E-state index contributed by atoms with van der Waals surface area (Å²) in [5.41, 5.74) is 3.38. The average Bonchev–Trinajstić information content (AvgIpc) is 2.34. The third kappa shape index (κ3) is 2.07. The molecule has 1 aromatic carbocycles. The summed E-state index contributed by atoms with van der Waals surface area (Å²) in [6.07, 6.45) is 2.04. The fraction of sp³-hybridized carbons (Fsp3) is 0.588. The molecule has 19 heavy (non-hydrogen) atoms. The number of rotatable bonds is 2. The van der Waals surface area contributed by atoms with Crippen molar-refractivity contribution < 1.29 is 9.53 Å². The van der Waals surface area contributed by atoms with Crippen molar-refractivity contribution in [2.45, 2.75) is 51.9 Å². The Labute approximate surface area is 116 Å². The number of aldehydes is 1. The molecule has 0 bridgehead atoms. The highest BCUT2D eigenvalue weighted by Gasteiger charge is 2.43. The molecule has 1 aromatic rings. The Morgan fingerprint density at radius 2 is 1.89 bits per heavy atom. The zero-order valence-electron chi connectivity index (χ0n) is 12.8. The number of ether oxygens (including phenoxy) is 1. The zero-order chi connectivity index (χ0) is 14.4. The Kier molecular flexibility index (Phi) is 3.24. The third-order valence-electron chi connectivity index (χ3n) is 4.90. The molecule has 0 saturated carbocycles. The Bertz CT molecular complexity index is 512. The van der Waals surface area contributed by atoms with Crippen molar-refractivity contribution in [1.82, 2.24) is 0 Å². The first-order valence-electron chi connectivity index (χ1n) is 6.92. The zero-order valence-corrected chi connectivity index (χ0v) is 12.8. The van der Waals surface area contributed by atoms with Gasteiger partial charge in [0.05, 0.1) is 7.11 Å².